The van der Waals surface area contributed by atoms with Crippen molar-refractivity contribution in [3.8, 4) is 16.1 Å². The lowest BCUT2D eigenvalue weighted by atomic mass is 10.1. The van der Waals surface area contributed by atoms with E-state index in [-0.39, 0.29) is 40.0 Å². The normalized spacial score (nSPS) is 11.2. The van der Waals surface area contributed by atoms with Gasteiger partial charge < -0.3 is 20.7 Å². The van der Waals surface area contributed by atoms with E-state index in [0.29, 0.717) is 47.0 Å². The monoisotopic (exact) mass is 690 g/mol. The molecule has 5 rings (SSSR count). The second-order valence-electron chi connectivity index (χ2n) is 11.2. The van der Waals surface area contributed by atoms with Crippen LogP contribution in [-0.4, -0.2) is 66.9 Å². The van der Waals surface area contributed by atoms with Gasteiger partial charge in [-0.3, -0.25) is 19.1 Å². The second kappa shape index (κ2) is 15.4. The summed E-state index contributed by atoms with van der Waals surface area (Å²) in [5, 5.41) is 8.17. The van der Waals surface area contributed by atoms with Gasteiger partial charge in [0, 0.05) is 55.5 Å². The van der Waals surface area contributed by atoms with Crippen LogP contribution in [0.4, 0.5) is 19.3 Å². The molecule has 5 aromatic rings. The highest BCUT2D eigenvalue weighted by Gasteiger charge is 2.26. The molecule has 0 bridgehead atoms. The van der Waals surface area contributed by atoms with Crippen molar-refractivity contribution in [3.05, 3.63) is 116 Å². The van der Waals surface area contributed by atoms with Gasteiger partial charge in [0.15, 0.2) is 0 Å². The number of methoxy groups -OCH3 is 1. The molecule has 0 aliphatic rings. The van der Waals surface area contributed by atoms with Gasteiger partial charge in [-0.05, 0) is 73.6 Å². The number of likely N-dealkylation sites (N-methyl/N-ethyl adjacent to an activating group) is 1. The number of amides is 3. The third kappa shape index (κ3) is 7.46. The van der Waals surface area contributed by atoms with Crippen molar-refractivity contribution in [1.82, 2.24) is 24.7 Å². The lowest BCUT2D eigenvalue weighted by molar-refractivity contribution is 0.0963. The number of rotatable bonds is 12. The Morgan fingerprint density at radius 3 is 2.24 bits per heavy atom. The van der Waals surface area contributed by atoms with Crippen molar-refractivity contribution in [3.63, 3.8) is 0 Å². The molecule has 2 aromatic heterocycles. The average molecular weight is 691 g/mol. The van der Waals surface area contributed by atoms with Crippen LogP contribution in [0.2, 0.25) is 0 Å². The molecule has 0 unspecified atom stereocenters. The molecule has 2 heterocycles. The number of halogens is 2. The number of nitrogens with zero attached hydrogens (tertiary/aromatic N) is 3. The molecule has 0 atom stereocenters. The number of hydrogen-bond acceptors (Lipinski definition) is 7. The molecule has 11 nitrogen and oxygen atoms in total. The van der Waals surface area contributed by atoms with Crippen LogP contribution in [-0.2, 0) is 17.8 Å². The van der Waals surface area contributed by atoms with E-state index >= 15 is 8.78 Å². The predicted molar refractivity (Wildman–Crippen MR) is 187 cm³/mol. The van der Waals surface area contributed by atoms with E-state index in [9.17, 15) is 19.2 Å². The first kappa shape index (κ1) is 35.1. The largest absolute Gasteiger partial charge is 0.383 e. The van der Waals surface area contributed by atoms with Crippen LogP contribution < -0.4 is 27.2 Å². The number of aromatic nitrogens is 2. The Balaban J connectivity index is 1.79. The molecule has 0 spiro atoms. The summed E-state index contributed by atoms with van der Waals surface area (Å²) in [6.07, 6.45) is 0. The van der Waals surface area contributed by atoms with Crippen molar-refractivity contribution in [1.29, 1.82) is 0 Å². The maximum atomic E-state index is 15.0. The number of thiophene rings is 1. The van der Waals surface area contributed by atoms with Gasteiger partial charge >= 0.3 is 11.7 Å². The van der Waals surface area contributed by atoms with Crippen molar-refractivity contribution >= 4 is 39.2 Å². The van der Waals surface area contributed by atoms with Gasteiger partial charge in [-0.1, -0.05) is 18.2 Å². The highest BCUT2D eigenvalue weighted by atomic mass is 32.1. The minimum absolute atomic E-state index is 0.180. The fraction of sp³-hybridized carbons (Fsp3) is 0.257. The Hall–Kier alpha value is -5.18. The first-order valence-corrected chi connectivity index (χ1v) is 16.3. The third-order valence-corrected chi connectivity index (χ3v) is 9.22. The van der Waals surface area contributed by atoms with E-state index in [1.54, 1.807) is 31.4 Å². The molecule has 0 fully saturated rings. The highest BCUT2D eigenvalue weighted by Crippen LogP contribution is 2.38. The van der Waals surface area contributed by atoms with Gasteiger partial charge in [-0.15, -0.1) is 11.3 Å². The van der Waals surface area contributed by atoms with Crippen LogP contribution in [0.15, 0.2) is 76.3 Å². The van der Waals surface area contributed by atoms with E-state index in [1.807, 2.05) is 18.9 Å². The molecule has 0 saturated heterocycles. The second-order valence-corrected chi connectivity index (χ2v) is 12.2. The SMILES string of the molecule is CCNC(=O)Nc1ccc(-c2sc3c(c2CN(C)CCOC)c(=O)n(-c2ccc(C(=O)NC)cc2)c(=O)n3Cc2c(F)cccc2F)cc1. The molecule has 0 saturated carbocycles. The Morgan fingerprint density at radius 2 is 1.63 bits per heavy atom. The maximum Gasteiger partial charge on any atom is 0.337 e. The Labute approximate surface area is 284 Å². The van der Waals surface area contributed by atoms with Gasteiger partial charge in [0.25, 0.3) is 11.5 Å². The quantitative estimate of drug-likeness (QED) is 0.173. The van der Waals surface area contributed by atoms with Crippen LogP contribution in [0.1, 0.15) is 28.4 Å². The summed E-state index contributed by atoms with van der Waals surface area (Å²) < 4.78 is 37.5. The Kier molecular flexibility index (Phi) is 11.0. The number of nitrogens with one attached hydrogen (secondary N) is 3. The first-order chi connectivity index (χ1) is 23.6. The van der Waals surface area contributed by atoms with Crippen molar-refractivity contribution < 1.29 is 23.1 Å². The summed E-state index contributed by atoms with van der Waals surface area (Å²) in [5.41, 5.74) is 0.592. The molecule has 0 aliphatic carbocycles. The summed E-state index contributed by atoms with van der Waals surface area (Å²) in [5.74, 6) is -2.02. The van der Waals surface area contributed by atoms with Crippen molar-refractivity contribution in [2.45, 2.75) is 20.0 Å². The first-order valence-electron chi connectivity index (χ1n) is 15.5. The average Bonchev–Trinajstić information content (AvgIpc) is 3.46. The summed E-state index contributed by atoms with van der Waals surface area (Å²) >= 11 is 1.16. The van der Waals surface area contributed by atoms with E-state index < -0.39 is 29.4 Å². The molecule has 3 amide bonds. The smallest absolute Gasteiger partial charge is 0.337 e. The van der Waals surface area contributed by atoms with E-state index in [4.69, 9.17) is 4.74 Å². The molecule has 0 aliphatic heterocycles. The summed E-state index contributed by atoms with van der Waals surface area (Å²) in [7, 11) is 4.94. The van der Waals surface area contributed by atoms with Gasteiger partial charge in [-0.2, -0.15) is 0 Å². The minimum atomic E-state index is -0.834. The molecule has 0 radical (unpaired) electrons. The molecular formula is C35H36F2N6O5S. The number of benzene rings is 3. The van der Waals surface area contributed by atoms with Crippen LogP contribution in [0.3, 0.4) is 0 Å². The van der Waals surface area contributed by atoms with Crippen molar-refractivity contribution in [2.24, 2.45) is 0 Å². The van der Waals surface area contributed by atoms with E-state index in [1.165, 1.54) is 41.9 Å². The van der Waals surface area contributed by atoms with Gasteiger partial charge in [-0.25, -0.2) is 22.9 Å². The molecule has 256 valence electrons. The molecule has 3 aromatic carbocycles. The number of carbonyl (C=O) groups excluding carboxylic acids is 2. The molecule has 49 heavy (non-hydrogen) atoms. The topological polar surface area (TPSA) is 127 Å². The Morgan fingerprint density at radius 1 is 0.959 bits per heavy atom. The predicted octanol–water partition coefficient (Wildman–Crippen LogP) is 4.79. The zero-order valence-corrected chi connectivity index (χ0v) is 28.2. The van der Waals surface area contributed by atoms with Crippen LogP contribution >= 0.6 is 11.3 Å². The maximum absolute atomic E-state index is 15.0. The lowest BCUT2D eigenvalue weighted by Crippen LogP contribution is -2.39. The van der Waals surface area contributed by atoms with Gasteiger partial charge in [0.2, 0.25) is 0 Å². The highest BCUT2D eigenvalue weighted by molar-refractivity contribution is 7.22. The number of urea groups is 1. The zero-order chi connectivity index (χ0) is 35.2. The third-order valence-electron chi connectivity index (χ3n) is 7.91. The summed E-state index contributed by atoms with van der Waals surface area (Å²) in [4.78, 5) is 55.9. The standard InChI is InChI=1S/C35H36F2N6O5S/c1-5-39-34(46)40-23-13-9-21(10-14-23)30-26(19-41(3)17-18-48-4)29-32(45)43(24-15-11-22(12-16-24)31(44)38-2)35(47)42(33(29)49-30)20-25-27(36)7-6-8-28(25)37/h6-16H,5,17-20H2,1-4H3,(H,38,44)(H2,39,40,46). The fourth-order valence-corrected chi connectivity index (χ4v) is 6.71. The molecule has 3 N–H and O–H groups in total. The summed E-state index contributed by atoms with van der Waals surface area (Å²) in [6, 6.07) is 16.1. The van der Waals surface area contributed by atoms with Crippen LogP contribution in [0.25, 0.3) is 26.3 Å². The van der Waals surface area contributed by atoms with Gasteiger partial charge in [0.1, 0.15) is 16.5 Å². The Bertz CT molecular complexity index is 2090. The molecule has 14 heteroatoms. The van der Waals surface area contributed by atoms with Crippen LogP contribution in [0.5, 0.6) is 0 Å². The van der Waals surface area contributed by atoms with Gasteiger partial charge in [0.05, 0.1) is 24.2 Å². The van der Waals surface area contributed by atoms with Crippen molar-refractivity contribution in [2.75, 3.05) is 46.2 Å². The fourth-order valence-electron chi connectivity index (χ4n) is 5.40. The summed E-state index contributed by atoms with van der Waals surface area (Å²) in [6.45, 7) is 3.00. The number of hydrogen-bond donors (Lipinski definition) is 3. The number of anilines is 1. The number of ether oxygens (including phenoxy) is 1. The number of fused-ring (bicyclic) bond motifs is 1. The zero-order valence-electron chi connectivity index (χ0n) is 27.4. The number of carbonyl (C=O) groups is 2. The van der Waals surface area contributed by atoms with E-state index in [2.05, 4.69) is 16.0 Å². The minimum Gasteiger partial charge on any atom is -0.383 e. The van der Waals surface area contributed by atoms with Crippen LogP contribution in [0, 0.1) is 11.6 Å². The lowest BCUT2D eigenvalue weighted by Gasteiger charge is -2.18. The molecular weight excluding hydrogens is 654 g/mol. The van der Waals surface area contributed by atoms with E-state index in [0.717, 1.165) is 28.0 Å².